The van der Waals surface area contributed by atoms with Gasteiger partial charge in [-0.25, -0.2) is 17.1 Å². The predicted molar refractivity (Wildman–Crippen MR) is 103 cm³/mol. The number of hydrogen-bond acceptors (Lipinski definition) is 3. The van der Waals surface area contributed by atoms with Crippen molar-refractivity contribution in [1.82, 2.24) is 4.31 Å². The van der Waals surface area contributed by atoms with Crippen molar-refractivity contribution in [3.63, 3.8) is 0 Å². The summed E-state index contributed by atoms with van der Waals surface area (Å²) in [5.74, 6) is -1.35. The van der Waals surface area contributed by atoms with Gasteiger partial charge in [0.25, 0.3) is 0 Å². The Balaban J connectivity index is 1.65. The number of piperidine rings is 1. The van der Waals surface area contributed by atoms with Gasteiger partial charge in [0, 0.05) is 23.8 Å². The molecule has 0 saturated carbocycles. The number of carbonyl (C=O) groups is 1. The summed E-state index contributed by atoms with van der Waals surface area (Å²) in [6.45, 7) is 0.511. The minimum absolute atomic E-state index is 0.122. The van der Waals surface area contributed by atoms with Crippen LogP contribution in [0.25, 0.3) is 0 Å². The summed E-state index contributed by atoms with van der Waals surface area (Å²) in [4.78, 5) is 12.5. The minimum atomic E-state index is -3.54. The number of benzene rings is 2. The van der Waals surface area contributed by atoms with Crippen LogP contribution in [0.3, 0.4) is 0 Å². The zero-order chi connectivity index (χ0) is 19.4. The molecule has 144 valence electrons. The van der Waals surface area contributed by atoms with Gasteiger partial charge in [0.15, 0.2) is 0 Å². The fraction of sp³-hybridized carbons (Fsp3) is 0.316. The van der Waals surface area contributed by atoms with Gasteiger partial charge < -0.3 is 5.32 Å². The maximum Gasteiger partial charge on any atom is 0.228 e. The lowest BCUT2D eigenvalue weighted by atomic mass is 9.99. The standard InChI is InChI=1S/C19H20ClFN2O3S/c20-16-8-6-14(7-9-16)13-27(25,26)23-10-2-3-15(12-23)19(24)22-18-5-1-4-17(21)11-18/h1,4-9,11,15H,2-3,10,12-13H2,(H,22,24). The van der Waals surface area contributed by atoms with Crippen LogP contribution in [0.4, 0.5) is 10.1 Å². The van der Waals surface area contributed by atoms with E-state index in [9.17, 15) is 17.6 Å². The van der Waals surface area contributed by atoms with Crippen LogP contribution < -0.4 is 5.32 Å². The molecule has 2 aromatic rings. The molecule has 27 heavy (non-hydrogen) atoms. The summed E-state index contributed by atoms with van der Waals surface area (Å²) in [5.41, 5.74) is 1.01. The first kappa shape index (κ1) is 19.8. The first-order chi connectivity index (χ1) is 12.8. The van der Waals surface area contributed by atoms with E-state index in [0.29, 0.717) is 35.7 Å². The average molecular weight is 411 g/mol. The van der Waals surface area contributed by atoms with Gasteiger partial charge in [-0.15, -0.1) is 0 Å². The number of amides is 1. The number of halogens is 2. The topological polar surface area (TPSA) is 66.5 Å². The third kappa shape index (κ3) is 5.28. The van der Waals surface area contributed by atoms with Gasteiger partial charge in [-0.3, -0.25) is 4.79 Å². The zero-order valence-electron chi connectivity index (χ0n) is 14.6. The van der Waals surface area contributed by atoms with Crippen LogP contribution in [0.15, 0.2) is 48.5 Å². The Bertz CT molecular complexity index is 919. The lowest BCUT2D eigenvalue weighted by Crippen LogP contribution is -2.44. The Kier molecular flexibility index (Phi) is 6.14. The summed E-state index contributed by atoms with van der Waals surface area (Å²) in [5, 5.41) is 3.21. The highest BCUT2D eigenvalue weighted by Gasteiger charge is 2.32. The molecule has 1 N–H and O–H groups in total. The zero-order valence-corrected chi connectivity index (χ0v) is 16.1. The molecule has 3 rings (SSSR count). The summed E-state index contributed by atoms with van der Waals surface area (Å²) in [7, 11) is -3.54. The van der Waals surface area contributed by atoms with Gasteiger partial charge in [0.1, 0.15) is 5.82 Å². The number of nitrogens with zero attached hydrogens (tertiary/aromatic N) is 1. The van der Waals surface area contributed by atoms with Gasteiger partial charge in [0.2, 0.25) is 15.9 Å². The smallest absolute Gasteiger partial charge is 0.228 e. The van der Waals surface area contributed by atoms with Gasteiger partial charge in [-0.1, -0.05) is 29.8 Å². The lowest BCUT2D eigenvalue weighted by molar-refractivity contribution is -0.120. The fourth-order valence-electron chi connectivity index (χ4n) is 3.10. The highest BCUT2D eigenvalue weighted by molar-refractivity contribution is 7.88. The van der Waals surface area contributed by atoms with Crippen LogP contribution >= 0.6 is 11.6 Å². The lowest BCUT2D eigenvalue weighted by Gasteiger charge is -2.31. The first-order valence-corrected chi connectivity index (χ1v) is 10.6. The molecule has 0 aliphatic carbocycles. The Morgan fingerprint density at radius 2 is 1.96 bits per heavy atom. The monoisotopic (exact) mass is 410 g/mol. The largest absolute Gasteiger partial charge is 0.326 e. The van der Waals surface area contributed by atoms with Gasteiger partial charge in [-0.05, 0) is 48.7 Å². The minimum Gasteiger partial charge on any atom is -0.326 e. The van der Waals surface area contributed by atoms with E-state index in [2.05, 4.69) is 5.32 Å². The fourth-order valence-corrected chi connectivity index (χ4v) is 4.84. The molecule has 1 fully saturated rings. The summed E-state index contributed by atoms with van der Waals surface area (Å²) in [6, 6.07) is 12.3. The van der Waals surface area contributed by atoms with E-state index in [0.717, 1.165) is 0 Å². The molecule has 1 aliphatic rings. The maximum absolute atomic E-state index is 13.3. The number of anilines is 1. The first-order valence-electron chi connectivity index (χ1n) is 8.62. The third-order valence-corrected chi connectivity index (χ3v) is 6.57. The molecule has 0 radical (unpaired) electrons. The molecule has 1 heterocycles. The van der Waals surface area contributed by atoms with Crippen LogP contribution in [0.2, 0.25) is 5.02 Å². The summed E-state index contributed by atoms with van der Waals surface area (Å²) in [6.07, 6.45) is 1.19. The highest BCUT2D eigenvalue weighted by atomic mass is 35.5. The average Bonchev–Trinajstić information content (AvgIpc) is 2.63. The van der Waals surface area contributed by atoms with Gasteiger partial charge in [0.05, 0.1) is 11.7 Å². The normalized spacial score (nSPS) is 18.2. The number of hydrogen-bond donors (Lipinski definition) is 1. The van der Waals surface area contributed by atoms with Crippen molar-refractivity contribution < 1.29 is 17.6 Å². The number of nitrogens with one attached hydrogen (secondary N) is 1. The maximum atomic E-state index is 13.3. The predicted octanol–water partition coefficient (Wildman–Crippen LogP) is 3.66. The molecule has 5 nitrogen and oxygen atoms in total. The summed E-state index contributed by atoms with van der Waals surface area (Å²) >= 11 is 5.83. The second-order valence-electron chi connectivity index (χ2n) is 6.58. The quantitative estimate of drug-likeness (QED) is 0.818. The van der Waals surface area contributed by atoms with Gasteiger partial charge in [-0.2, -0.15) is 0 Å². The molecule has 1 atom stereocenters. The molecule has 1 saturated heterocycles. The number of rotatable bonds is 5. The Hall–Kier alpha value is -1.96. The van der Waals surface area contributed by atoms with E-state index in [1.807, 2.05) is 0 Å². The molecule has 1 amide bonds. The summed E-state index contributed by atoms with van der Waals surface area (Å²) < 4.78 is 40.1. The van der Waals surface area contributed by atoms with Crippen molar-refractivity contribution in [2.45, 2.75) is 18.6 Å². The van der Waals surface area contributed by atoms with Crippen LogP contribution in [-0.4, -0.2) is 31.7 Å². The molecule has 1 unspecified atom stereocenters. The second kappa shape index (κ2) is 8.37. The van der Waals surface area contributed by atoms with Crippen molar-refractivity contribution in [1.29, 1.82) is 0 Å². The molecule has 1 aliphatic heterocycles. The molecule has 2 aromatic carbocycles. The van der Waals surface area contributed by atoms with E-state index in [1.54, 1.807) is 30.3 Å². The van der Waals surface area contributed by atoms with E-state index in [1.165, 1.54) is 22.5 Å². The van der Waals surface area contributed by atoms with E-state index < -0.39 is 21.8 Å². The molecular weight excluding hydrogens is 391 g/mol. The Labute approximate surface area is 163 Å². The van der Waals surface area contributed by atoms with Crippen molar-refractivity contribution in [2.24, 2.45) is 5.92 Å². The molecule has 0 aromatic heterocycles. The molecule has 8 heteroatoms. The van der Waals surface area contributed by atoms with Crippen molar-refractivity contribution in [2.75, 3.05) is 18.4 Å². The Morgan fingerprint density at radius 3 is 2.67 bits per heavy atom. The van der Waals surface area contributed by atoms with Crippen LogP contribution in [0, 0.1) is 11.7 Å². The number of sulfonamides is 1. The van der Waals surface area contributed by atoms with Crippen LogP contribution in [-0.2, 0) is 20.6 Å². The highest BCUT2D eigenvalue weighted by Crippen LogP contribution is 2.23. The van der Waals surface area contributed by atoms with Crippen molar-refractivity contribution in [3.8, 4) is 0 Å². The van der Waals surface area contributed by atoms with Crippen molar-refractivity contribution in [3.05, 3.63) is 64.9 Å². The third-order valence-electron chi connectivity index (χ3n) is 4.50. The molecule has 0 bridgehead atoms. The van der Waals surface area contributed by atoms with Crippen molar-refractivity contribution >= 4 is 33.2 Å². The Morgan fingerprint density at radius 1 is 1.22 bits per heavy atom. The second-order valence-corrected chi connectivity index (χ2v) is 8.98. The van der Waals surface area contributed by atoms with Gasteiger partial charge >= 0.3 is 0 Å². The molecule has 0 spiro atoms. The SMILES string of the molecule is O=C(Nc1cccc(F)c1)C1CCCN(S(=O)(=O)Cc2ccc(Cl)cc2)C1. The number of carbonyl (C=O) groups excluding carboxylic acids is 1. The van der Waals surface area contributed by atoms with E-state index >= 15 is 0 Å². The van der Waals surface area contributed by atoms with Crippen LogP contribution in [0.1, 0.15) is 18.4 Å². The van der Waals surface area contributed by atoms with E-state index in [-0.39, 0.29) is 18.2 Å². The van der Waals surface area contributed by atoms with E-state index in [4.69, 9.17) is 11.6 Å². The molecular formula is C19H20ClFN2O3S. The van der Waals surface area contributed by atoms with Crippen LogP contribution in [0.5, 0.6) is 0 Å².